The van der Waals surface area contributed by atoms with Gasteiger partial charge < -0.3 is 16.8 Å². The van der Waals surface area contributed by atoms with E-state index in [1.807, 2.05) is 0 Å². The molecule has 9 heteroatoms. The Hall–Kier alpha value is -1.87. The Morgan fingerprint density at radius 3 is 2.58 bits per heavy atom. The zero-order valence-electron chi connectivity index (χ0n) is 10.2. The summed E-state index contributed by atoms with van der Waals surface area (Å²) in [7, 11) is -3.90. The first kappa shape index (κ1) is 15.2. The molecule has 0 saturated carbocycles. The van der Waals surface area contributed by atoms with Crippen LogP contribution in [-0.4, -0.2) is 27.5 Å². The summed E-state index contributed by atoms with van der Waals surface area (Å²) in [5, 5.41) is 2.22. The van der Waals surface area contributed by atoms with Crippen molar-refractivity contribution in [3.8, 4) is 0 Å². The molecule has 106 valence electrons. The van der Waals surface area contributed by atoms with Crippen molar-refractivity contribution in [2.45, 2.75) is 11.8 Å². The first-order chi connectivity index (χ1) is 8.74. The molecule has 1 rings (SSSR count). The SMILES string of the molecule is Cc1c(F)cc(N)cc1S(=O)(=O)NCCNC(N)=O. The number of nitrogens with one attached hydrogen (secondary N) is 2. The van der Waals surface area contributed by atoms with E-state index in [9.17, 15) is 17.6 Å². The van der Waals surface area contributed by atoms with E-state index in [4.69, 9.17) is 11.5 Å². The van der Waals surface area contributed by atoms with Crippen LogP contribution < -0.4 is 21.5 Å². The predicted molar refractivity (Wildman–Crippen MR) is 68.3 cm³/mol. The van der Waals surface area contributed by atoms with Crippen molar-refractivity contribution in [2.75, 3.05) is 18.8 Å². The van der Waals surface area contributed by atoms with Gasteiger partial charge in [0.1, 0.15) is 5.82 Å². The molecule has 0 unspecified atom stereocenters. The molecule has 0 saturated heterocycles. The molecule has 0 radical (unpaired) electrons. The quantitative estimate of drug-likeness (QED) is 0.437. The Bertz CT molecular complexity index is 589. The summed E-state index contributed by atoms with van der Waals surface area (Å²) in [6, 6.07) is 1.45. The van der Waals surface area contributed by atoms with Gasteiger partial charge in [-0.25, -0.2) is 22.3 Å². The highest BCUT2D eigenvalue weighted by Crippen LogP contribution is 2.21. The third-order valence-electron chi connectivity index (χ3n) is 2.32. The minimum atomic E-state index is -3.90. The van der Waals surface area contributed by atoms with E-state index in [-0.39, 0.29) is 29.2 Å². The number of carbonyl (C=O) groups excluding carboxylic acids is 1. The maximum Gasteiger partial charge on any atom is 0.312 e. The van der Waals surface area contributed by atoms with E-state index in [1.54, 1.807) is 0 Å². The van der Waals surface area contributed by atoms with E-state index in [0.29, 0.717) is 0 Å². The number of hydrogen-bond donors (Lipinski definition) is 4. The molecule has 2 amide bonds. The predicted octanol–water partition coefficient (Wildman–Crippen LogP) is -0.337. The van der Waals surface area contributed by atoms with Crippen LogP contribution in [0.5, 0.6) is 0 Å². The van der Waals surface area contributed by atoms with E-state index in [1.165, 1.54) is 13.0 Å². The molecule has 0 fully saturated rings. The molecule has 0 bridgehead atoms. The van der Waals surface area contributed by atoms with Crippen LogP contribution >= 0.6 is 0 Å². The van der Waals surface area contributed by atoms with E-state index >= 15 is 0 Å². The lowest BCUT2D eigenvalue weighted by Gasteiger charge is -2.11. The number of urea groups is 1. The first-order valence-electron chi connectivity index (χ1n) is 5.32. The van der Waals surface area contributed by atoms with Gasteiger partial charge in [0.05, 0.1) is 4.90 Å². The standard InChI is InChI=1S/C10H15FN4O3S/c1-6-8(11)4-7(12)5-9(6)19(17,18)15-3-2-14-10(13)16/h4-5,15H,2-3,12H2,1H3,(H3,13,14,16). The lowest BCUT2D eigenvalue weighted by molar-refractivity contribution is 0.249. The van der Waals surface area contributed by atoms with Gasteiger partial charge in [0.25, 0.3) is 0 Å². The maximum absolute atomic E-state index is 13.4. The lowest BCUT2D eigenvalue weighted by atomic mass is 10.2. The molecule has 0 heterocycles. The molecule has 7 nitrogen and oxygen atoms in total. The number of anilines is 1. The van der Waals surface area contributed by atoms with E-state index in [0.717, 1.165) is 6.07 Å². The molecule has 6 N–H and O–H groups in total. The number of sulfonamides is 1. The first-order valence-corrected chi connectivity index (χ1v) is 6.81. The van der Waals surface area contributed by atoms with Crippen molar-refractivity contribution >= 4 is 21.7 Å². The second-order valence-electron chi connectivity index (χ2n) is 3.81. The minimum Gasteiger partial charge on any atom is -0.399 e. The van der Waals surface area contributed by atoms with Gasteiger partial charge in [-0.3, -0.25) is 0 Å². The van der Waals surface area contributed by atoms with Crippen LogP contribution in [-0.2, 0) is 10.0 Å². The second-order valence-corrected chi connectivity index (χ2v) is 5.55. The number of amides is 2. The molecule has 0 aliphatic rings. The monoisotopic (exact) mass is 290 g/mol. The number of carbonyl (C=O) groups is 1. The smallest absolute Gasteiger partial charge is 0.312 e. The number of hydrogen-bond acceptors (Lipinski definition) is 4. The molecule has 0 atom stereocenters. The molecule has 0 aliphatic carbocycles. The number of nitrogens with two attached hydrogens (primary N) is 2. The van der Waals surface area contributed by atoms with Gasteiger partial charge >= 0.3 is 6.03 Å². The highest BCUT2D eigenvalue weighted by Gasteiger charge is 2.19. The zero-order valence-corrected chi connectivity index (χ0v) is 11.1. The number of benzene rings is 1. The Kier molecular flexibility index (Phi) is 4.67. The summed E-state index contributed by atoms with van der Waals surface area (Å²) in [5.74, 6) is -0.698. The average molecular weight is 290 g/mol. The van der Waals surface area contributed by atoms with Crippen LogP contribution in [0.15, 0.2) is 17.0 Å². The molecule has 0 aromatic heterocycles. The van der Waals surface area contributed by atoms with Crippen LogP contribution in [0.2, 0.25) is 0 Å². The molecule has 1 aromatic carbocycles. The van der Waals surface area contributed by atoms with Gasteiger partial charge in [-0.05, 0) is 19.1 Å². The third kappa shape index (κ3) is 4.07. The van der Waals surface area contributed by atoms with Gasteiger partial charge in [0.2, 0.25) is 10.0 Å². The van der Waals surface area contributed by atoms with Gasteiger partial charge in [-0.2, -0.15) is 0 Å². The van der Waals surface area contributed by atoms with Crippen molar-refractivity contribution in [2.24, 2.45) is 5.73 Å². The zero-order chi connectivity index (χ0) is 14.6. The number of primary amides is 1. The lowest BCUT2D eigenvalue weighted by Crippen LogP contribution is -2.37. The fraction of sp³-hybridized carbons (Fsp3) is 0.300. The van der Waals surface area contributed by atoms with E-state index in [2.05, 4.69) is 10.0 Å². The molecular formula is C10H15FN4O3S. The number of nitrogen functional groups attached to an aromatic ring is 1. The van der Waals surface area contributed by atoms with Crippen LogP contribution in [0.3, 0.4) is 0 Å². The van der Waals surface area contributed by atoms with Gasteiger partial charge in [-0.1, -0.05) is 0 Å². The fourth-order valence-electron chi connectivity index (χ4n) is 1.40. The molecule has 1 aromatic rings. The number of halogens is 1. The fourth-order valence-corrected chi connectivity index (χ4v) is 2.72. The molecule has 0 aliphatic heterocycles. The summed E-state index contributed by atoms with van der Waals surface area (Å²) in [5.41, 5.74) is 10.2. The summed E-state index contributed by atoms with van der Waals surface area (Å²) >= 11 is 0. The van der Waals surface area contributed by atoms with Crippen LogP contribution in [0.4, 0.5) is 14.9 Å². The van der Waals surface area contributed by atoms with Gasteiger partial charge in [0, 0.05) is 24.3 Å². The molecule has 0 spiro atoms. The van der Waals surface area contributed by atoms with Crippen molar-refractivity contribution in [1.82, 2.24) is 10.0 Å². The Balaban J connectivity index is 2.86. The van der Waals surface area contributed by atoms with Gasteiger partial charge in [-0.15, -0.1) is 0 Å². The molecule has 19 heavy (non-hydrogen) atoms. The summed E-state index contributed by atoms with van der Waals surface area (Å²) in [6.07, 6.45) is 0. The van der Waals surface area contributed by atoms with Crippen LogP contribution in [0.25, 0.3) is 0 Å². The van der Waals surface area contributed by atoms with E-state index < -0.39 is 21.9 Å². The van der Waals surface area contributed by atoms with Gasteiger partial charge in [0.15, 0.2) is 0 Å². The van der Waals surface area contributed by atoms with Crippen molar-refractivity contribution in [1.29, 1.82) is 0 Å². The highest BCUT2D eigenvalue weighted by molar-refractivity contribution is 7.89. The van der Waals surface area contributed by atoms with Crippen molar-refractivity contribution < 1.29 is 17.6 Å². The minimum absolute atomic E-state index is 0.0127. The average Bonchev–Trinajstić information content (AvgIpc) is 2.29. The Morgan fingerprint density at radius 2 is 2.00 bits per heavy atom. The topological polar surface area (TPSA) is 127 Å². The Labute approximate surface area is 110 Å². The van der Waals surface area contributed by atoms with Crippen molar-refractivity contribution in [3.63, 3.8) is 0 Å². The number of rotatable bonds is 5. The normalized spacial score (nSPS) is 11.3. The summed E-state index contributed by atoms with van der Waals surface area (Å²) < 4.78 is 39.5. The maximum atomic E-state index is 13.4. The Morgan fingerprint density at radius 1 is 1.37 bits per heavy atom. The van der Waals surface area contributed by atoms with Crippen LogP contribution in [0.1, 0.15) is 5.56 Å². The largest absolute Gasteiger partial charge is 0.399 e. The highest BCUT2D eigenvalue weighted by atomic mass is 32.2. The summed E-state index contributed by atoms with van der Waals surface area (Å²) in [6.45, 7) is 1.30. The summed E-state index contributed by atoms with van der Waals surface area (Å²) in [4.78, 5) is 10.2. The second kappa shape index (κ2) is 5.85. The van der Waals surface area contributed by atoms with Crippen LogP contribution in [0, 0.1) is 12.7 Å². The molecular weight excluding hydrogens is 275 g/mol. The van der Waals surface area contributed by atoms with Crippen molar-refractivity contribution in [3.05, 3.63) is 23.5 Å². The third-order valence-corrected chi connectivity index (χ3v) is 3.91.